The van der Waals surface area contributed by atoms with E-state index in [-0.39, 0.29) is 11.7 Å². The predicted octanol–water partition coefficient (Wildman–Crippen LogP) is 1.70. The van der Waals surface area contributed by atoms with Crippen LogP contribution in [-0.4, -0.2) is 30.0 Å². The summed E-state index contributed by atoms with van der Waals surface area (Å²) in [5, 5.41) is 9.35. The maximum Gasteiger partial charge on any atom is 0.254 e. The third-order valence-corrected chi connectivity index (χ3v) is 2.75. The van der Waals surface area contributed by atoms with E-state index in [1.165, 1.54) is 4.90 Å². The lowest BCUT2D eigenvalue weighted by molar-refractivity contribution is 0.0826. The molecule has 3 nitrogen and oxygen atoms in total. The number of amides is 1. The molecule has 1 amide bonds. The highest BCUT2D eigenvalue weighted by atomic mass is 127. The van der Waals surface area contributed by atoms with Crippen molar-refractivity contribution in [1.29, 1.82) is 0 Å². The molecule has 0 atom stereocenters. The molecule has 0 saturated heterocycles. The van der Waals surface area contributed by atoms with Crippen LogP contribution >= 0.6 is 22.6 Å². The molecule has 0 aliphatic heterocycles. The Kier molecular flexibility index (Phi) is 3.13. The van der Waals surface area contributed by atoms with Gasteiger partial charge in [0.15, 0.2) is 0 Å². The maximum absolute atomic E-state index is 11.5. The molecule has 0 aliphatic rings. The Labute approximate surface area is 90.5 Å². The summed E-state index contributed by atoms with van der Waals surface area (Å²) in [6.45, 7) is 0. The zero-order chi connectivity index (χ0) is 10.0. The van der Waals surface area contributed by atoms with Crippen LogP contribution in [0.1, 0.15) is 10.4 Å². The summed E-state index contributed by atoms with van der Waals surface area (Å²) >= 11 is 1.96. The van der Waals surface area contributed by atoms with Gasteiger partial charge in [0.25, 0.3) is 5.91 Å². The highest BCUT2D eigenvalue weighted by molar-refractivity contribution is 14.1. The average molecular weight is 291 g/mol. The number of phenolic OH excluding ortho intramolecular Hbond substituents is 1. The molecule has 0 bridgehead atoms. The van der Waals surface area contributed by atoms with Gasteiger partial charge in [-0.1, -0.05) is 6.07 Å². The van der Waals surface area contributed by atoms with Gasteiger partial charge in [0.2, 0.25) is 0 Å². The van der Waals surface area contributed by atoms with Crippen LogP contribution in [0.15, 0.2) is 18.2 Å². The number of phenols is 1. The van der Waals surface area contributed by atoms with Crippen LogP contribution in [0.4, 0.5) is 0 Å². The number of hydrogen-bond acceptors (Lipinski definition) is 2. The molecule has 4 heteroatoms. The number of carbonyl (C=O) groups excluding carboxylic acids is 1. The van der Waals surface area contributed by atoms with Gasteiger partial charge in [-0.2, -0.15) is 0 Å². The van der Waals surface area contributed by atoms with Crippen molar-refractivity contribution in [2.45, 2.75) is 0 Å². The fraction of sp³-hybridized carbons (Fsp3) is 0.222. The second-order valence-electron chi connectivity index (χ2n) is 2.84. The second kappa shape index (κ2) is 3.95. The van der Waals surface area contributed by atoms with Gasteiger partial charge in [-0.05, 0) is 34.7 Å². The molecule has 0 heterocycles. The highest BCUT2D eigenvalue weighted by Crippen LogP contribution is 2.23. The summed E-state index contributed by atoms with van der Waals surface area (Å²) in [6.07, 6.45) is 0. The largest absolute Gasteiger partial charge is 0.507 e. The lowest BCUT2D eigenvalue weighted by atomic mass is 10.2. The third-order valence-electron chi connectivity index (χ3n) is 1.61. The average Bonchev–Trinajstić information content (AvgIpc) is 2.08. The van der Waals surface area contributed by atoms with Gasteiger partial charge in [0.1, 0.15) is 5.75 Å². The van der Waals surface area contributed by atoms with Crippen LogP contribution in [0.3, 0.4) is 0 Å². The molecule has 0 aliphatic carbocycles. The minimum atomic E-state index is -0.0969. The van der Waals surface area contributed by atoms with Gasteiger partial charge in [0.05, 0.1) is 9.13 Å². The summed E-state index contributed by atoms with van der Waals surface area (Å²) in [7, 11) is 3.37. The molecule has 0 fully saturated rings. The number of benzene rings is 1. The van der Waals surface area contributed by atoms with Crippen LogP contribution in [0.2, 0.25) is 0 Å². The van der Waals surface area contributed by atoms with Crippen LogP contribution in [0.25, 0.3) is 0 Å². The number of nitrogens with zero attached hydrogens (tertiary/aromatic N) is 1. The van der Waals surface area contributed by atoms with Gasteiger partial charge in [-0.25, -0.2) is 0 Å². The zero-order valence-corrected chi connectivity index (χ0v) is 9.57. The molecule has 0 saturated carbocycles. The van der Waals surface area contributed by atoms with E-state index in [9.17, 15) is 9.90 Å². The van der Waals surface area contributed by atoms with Crippen molar-refractivity contribution in [2.75, 3.05) is 14.1 Å². The third kappa shape index (κ3) is 2.12. The quantitative estimate of drug-likeness (QED) is 0.800. The molecule has 1 rings (SSSR count). The second-order valence-corrected chi connectivity index (χ2v) is 3.92. The van der Waals surface area contributed by atoms with Crippen molar-refractivity contribution in [3.05, 3.63) is 27.3 Å². The first kappa shape index (κ1) is 10.3. The van der Waals surface area contributed by atoms with Crippen molar-refractivity contribution in [1.82, 2.24) is 4.90 Å². The van der Waals surface area contributed by atoms with Crippen molar-refractivity contribution in [3.63, 3.8) is 0 Å². The molecule has 70 valence electrons. The lowest BCUT2D eigenvalue weighted by Gasteiger charge is -2.11. The molecule has 0 unspecified atom stereocenters. The minimum absolute atomic E-state index is 0.0969. The van der Waals surface area contributed by atoms with Gasteiger partial charge in [-0.3, -0.25) is 4.79 Å². The van der Waals surface area contributed by atoms with Gasteiger partial charge in [0, 0.05) is 14.1 Å². The van der Waals surface area contributed by atoms with Crippen LogP contribution < -0.4 is 0 Å². The zero-order valence-electron chi connectivity index (χ0n) is 7.41. The fourth-order valence-electron chi connectivity index (χ4n) is 0.926. The molecule has 1 aromatic rings. The summed E-state index contributed by atoms with van der Waals surface area (Å²) in [6, 6.07) is 4.92. The Bertz CT molecular complexity index is 336. The van der Waals surface area contributed by atoms with E-state index in [1.807, 2.05) is 22.6 Å². The van der Waals surface area contributed by atoms with Crippen molar-refractivity contribution < 1.29 is 9.90 Å². The highest BCUT2D eigenvalue weighted by Gasteiger charge is 2.13. The first-order chi connectivity index (χ1) is 6.04. The summed E-state index contributed by atoms with van der Waals surface area (Å²) in [5.74, 6) is 0.0496. The SMILES string of the molecule is CN(C)C(=O)c1cccc(O)c1I. The smallest absolute Gasteiger partial charge is 0.254 e. The number of rotatable bonds is 1. The Morgan fingerprint density at radius 2 is 2.08 bits per heavy atom. The molecule has 0 radical (unpaired) electrons. The molecule has 13 heavy (non-hydrogen) atoms. The van der Waals surface area contributed by atoms with E-state index >= 15 is 0 Å². The van der Waals surface area contributed by atoms with Crippen molar-refractivity contribution in [3.8, 4) is 5.75 Å². The Morgan fingerprint density at radius 3 is 2.62 bits per heavy atom. The normalized spacial score (nSPS) is 9.77. The Morgan fingerprint density at radius 1 is 1.46 bits per heavy atom. The van der Waals surface area contributed by atoms with Crippen molar-refractivity contribution >= 4 is 28.5 Å². The van der Waals surface area contributed by atoms with Gasteiger partial charge >= 0.3 is 0 Å². The Balaban J connectivity index is 3.15. The van der Waals surface area contributed by atoms with Crippen molar-refractivity contribution in [2.24, 2.45) is 0 Å². The van der Waals surface area contributed by atoms with Gasteiger partial charge < -0.3 is 10.0 Å². The lowest BCUT2D eigenvalue weighted by Crippen LogP contribution is -2.22. The molecular formula is C9H10INO2. The van der Waals surface area contributed by atoms with E-state index < -0.39 is 0 Å². The van der Waals surface area contributed by atoms with E-state index in [1.54, 1.807) is 32.3 Å². The number of hydrogen-bond donors (Lipinski definition) is 1. The molecule has 1 N–H and O–H groups in total. The van der Waals surface area contributed by atoms with Crippen LogP contribution in [0.5, 0.6) is 5.75 Å². The van der Waals surface area contributed by atoms with Crippen LogP contribution in [0, 0.1) is 3.57 Å². The van der Waals surface area contributed by atoms with E-state index in [0.717, 1.165) is 0 Å². The van der Waals surface area contributed by atoms with E-state index in [2.05, 4.69) is 0 Å². The first-order valence-corrected chi connectivity index (χ1v) is 4.81. The predicted molar refractivity (Wildman–Crippen MR) is 58.8 cm³/mol. The molecular weight excluding hydrogens is 281 g/mol. The standard InChI is InChI=1S/C9H10INO2/c1-11(2)9(13)6-4-3-5-7(12)8(6)10/h3-5,12H,1-2H3. The molecule has 0 spiro atoms. The fourth-order valence-corrected chi connectivity index (χ4v) is 1.52. The molecule has 1 aromatic carbocycles. The maximum atomic E-state index is 11.5. The monoisotopic (exact) mass is 291 g/mol. The van der Waals surface area contributed by atoms with E-state index in [0.29, 0.717) is 9.13 Å². The Hall–Kier alpha value is -0.780. The summed E-state index contributed by atoms with van der Waals surface area (Å²) in [4.78, 5) is 13.0. The first-order valence-electron chi connectivity index (χ1n) is 3.73. The number of aromatic hydroxyl groups is 1. The topological polar surface area (TPSA) is 40.5 Å². The number of halogens is 1. The van der Waals surface area contributed by atoms with Gasteiger partial charge in [-0.15, -0.1) is 0 Å². The number of carbonyl (C=O) groups is 1. The summed E-state index contributed by atoms with van der Waals surface area (Å²) < 4.78 is 0.596. The van der Waals surface area contributed by atoms with Crippen LogP contribution in [-0.2, 0) is 0 Å². The van der Waals surface area contributed by atoms with E-state index in [4.69, 9.17) is 0 Å². The molecule has 0 aromatic heterocycles. The minimum Gasteiger partial charge on any atom is -0.507 e. The summed E-state index contributed by atoms with van der Waals surface area (Å²) in [5.41, 5.74) is 0.533.